The zero-order chi connectivity index (χ0) is 21.7. The summed E-state index contributed by atoms with van der Waals surface area (Å²) in [5.41, 5.74) is 6.37. The Morgan fingerprint density at radius 3 is 2.63 bits per heavy atom. The highest BCUT2D eigenvalue weighted by molar-refractivity contribution is 6.39. The Hall–Kier alpha value is -3.69. The number of aromatic nitrogens is 2. The van der Waals surface area contributed by atoms with Crippen LogP contribution in [0.15, 0.2) is 30.6 Å². The number of primary amides is 1. The van der Waals surface area contributed by atoms with Gasteiger partial charge in [-0.15, -0.1) is 0 Å². The van der Waals surface area contributed by atoms with Crippen molar-refractivity contribution in [2.24, 2.45) is 5.73 Å². The van der Waals surface area contributed by atoms with E-state index in [2.05, 4.69) is 20.6 Å². The van der Waals surface area contributed by atoms with E-state index < -0.39 is 17.7 Å². The van der Waals surface area contributed by atoms with Gasteiger partial charge in [0.05, 0.1) is 25.0 Å². The summed E-state index contributed by atoms with van der Waals surface area (Å²) in [5.74, 6) is -1.46. The number of rotatable bonds is 5. The minimum atomic E-state index is -0.816. The Morgan fingerprint density at radius 2 is 2.00 bits per heavy atom. The summed E-state index contributed by atoms with van der Waals surface area (Å²) in [6.45, 7) is 0.470. The number of ether oxygens (including phenoxy) is 1. The van der Waals surface area contributed by atoms with E-state index in [1.165, 1.54) is 19.4 Å². The molecule has 0 spiro atoms. The molecule has 2 aromatic rings. The molecule has 3 heterocycles. The van der Waals surface area contributed by atoms with Crippen molar-refractivity contribution >= 4 is 29.2 Å². The fraction of sp³-hybridized carbons (Fsp3) is 0.350. The molecule has 0 aromatic carbocycles. The van der Waals surface area contributed by atoms with Crippen LogP contribution in [-0.2, 0) is 9.59 Å². The number of anilines is 2. The Balaban J connectivity index is 1.77. The summed E-state index contributed by atoms with van der Waals surface area (Å²) in [7, 11) is 3.13. The molecule has 1 fully saturated rings. The number of carbonyl (C=O) groups excluding carboxylic acids is 3. The fourth-order valence-corrected chi connectivity index (χ4v) is 3.45. The second-order valence-electron chi connectivity index (χ2n) is 6.84. The molecule has 3 rings (SSSR count). The lowest BCUT2D eigenvalue weighted by molar-refractivity contribution is -0.145. The number of hydrogen-bond donors (Lipinski definition) is 3. The van der Waals surface area contributed by atoms with Gasteiger partial charge in [-0.05, 0) is 37.0 Å². The third-order valence-electron chi connectivity index (χ3n) is 4.95. The van der Waals surface area contributed by atoms with Crippen LogP contribution in [0.3, 0.4) is 0 Å². The van der Waals surface area contributed by atoms with Gasteiger partial charge in [0, 0.05) is 19.8 Å². The van der Waals surface area contributed by atoms with Crippen molar-refractivity contribution < 1.29 is 19.1 Å². The van der Waals surface area contributed by atoms with Crippen LogP contribution in [-0.4, -0.2) is 53.3 Å². The van der Waals surface area contributed by atoms with Gasteiger partial charge in [-0.25, -0.2) is 9.97 Å². The molecule has 3 amide bonds. The maximum Gasteiger partial charge on any atom is 0.313 e. The highest BCUT2D eigenvalue weighted by Crippen LogP contribution is 2.31. The zero-order valence-electron chi connectivity index (χ0n) is 16.8. The molecule has 0 aliphatic carbocycles. The van der Waals surface area contributed by atoms with Crippen LogP contribution < -0.4 is 21.1 Å². The van der Waals surface area contributed by atoms with Crippen LogP contribution >= 0.6 is 0 Å². The van der Waals surface area contributed by atoms with Crippen molar-refractivity contribution in [2.45, 2.75) is 25.3 Å². The molecule has 1 aliphatic heterocycles. The van der Waals surface area contributed by atoms with Gasteiger partial charge in [-0.1, -0.05) is 6.07 Å². The average Bonchev–Trinajstić information content (AvgIpc) is 2.78. The fourth-order valence-electron chi connectivity index (χ4n) is 3.45. The van der Waals surface area contributed by atoms with E-state index in [-0.39, 0.29) is 23.2 Å². The Morgan fingerprint density at radius 1 is 1.20 bits per heavy atom. The standard InChI is InChI=1S/C20H24N6O4/c1-22-16-7-6-12(10-23-16)15-5-3-4-8-26(15)20(29)18(28)25-13-9-14(17(21)27)19(30-2)24-11-13/h6-7,9-11,15H,3-5,8H2,1-2H3,(H2,21,27)(H,22,23)(H,25,28)/t15-/m1/s1. The van der Waals surface area contributed by atoms with E-state index in [0.717, 1.165) is 30.6 Å². The SMILES string of the molecule is CNc1ccc([C@H]2CCCCN2C(=O)C(=O)Nc2cnc(OC)c(C(N)=O)c2)cn1. The molecule has 10 heteroatoms. The summed E-state index contributed by atoms with van der Waals surface area (Å²) in [5, 5.41) is 5.45. The summed E-state index contributed by atoms with van der Waals surface area (Å²) >= 11 is 0. The normalized spacial score (nSPS) is 15.9. The number of amides is 3. The lowest BCUT2D eigenvalue weighted by Gasteiger charge is -2.35. The smallest absolute Gasteiger partial charge is 0.313 e. The molecule has 2 aromatic heterocycles. The van der Waals surface area contributed by atoms with Gasteiger partial charge in [0.1, 0.15) is 11.4 Å². The molecule has 4 N–H and O–H groups in total. The van der Waals surface area contributed by atoms with Crippen LogP contribution in [0, 0.1) is 0 Å². The van der Waals surface area contributed by atoms with Crippen LogP contribution in [0.2, 0.25) is 0 Å². The largest absolute Gasteiger partial charge is 0.480 e. The molecule has 0 unspecified atom stereocenters. The number of pyridine rings is 2. The average molecular weight is 412 g/mol. The molecule has 0 bridgehead atoms. The van der Waals surface area contributed by atoms with Crippen molar-refractivity contribution in [1.29, 1.82) is 0 Å². The Bertz CT molecular complexity index is 947. The third kappa shape index (κ3) is 4.48. The third-order valence-corrected chi connectivity index (χ3v) is 4.95. The lowest BCUT2D eigenvalue weighted by atomic mass is 9.96. The molecular weight excluding hydrogens is 388 g/mol. The predicted octanol–water partition coefficient (Wildman–Crippen LogP) is 1.32. The first-order valence-corrected chi connectivity index (χ1v) is 9.54. The second kappa shape index (κ2) is 9.21. The van der Waals surface area contributed by atoms with Crippen molar-refractivity contribution in [1.82, 2.24) is 14.9 Å². The Labute approximate surface area is 173 Å². The van der Waals surface area contributed by atoms with Crippen molar-refractivity contribution in [3.05, 3.63) is 41.7 Å². The van der Waals surface area contributed by atoms with Crippen LogP contribution in [0.1, 0.15) is 41.2 Å². The zero-order valence-corrected chi connectivity index (χ0v) is 16.8. The first-order chi connectivity index (χ1) is 14.4. The van der Waals surface area contributed by atoms with Crippen LogP contribution in [0.5, 0.6) is 5.88 Å². The Kier molecular flexibility index (Phi) is 6.45. The van der Waals surface area contributed by atoms with Crippen LogP contribution in [0.25, 0.3) is 0 Å². The van der Waals surface area contributed by atoms with E-state index in [9.17, 15) is 14.4 Å². The number of hydrogen-bond acceptors (Lipinski definition) is 7. The summed E-state index contributed by atoms with van der Waals surface area (Å²) in [6, 6.07) is 4.83. The summed E-state index contributed by atoms with van der Waals surface area (Å²) < 4.78 is 4.98. The molecule has 1 aliphatic rings. The second-order valence-corrected chi connectivity index (χ2v) is 6.84. The molecule has 0 saturated carbocycles. The topological polar surface area (TPSA) is 140 Å². The van der Waals surface area contributed by atoms with Gasteiger partial charge < -0.3 is 26.0 Å². The van der Waals surface area contributed by atoms with E-state index in [1.54, 1.807) is 18.1 Å². The highest BCUT2D eigenvalue weighted by atomic mass is 16.5. The van der Waals surface area contributed by atoms with Gasteiger partial charge in [0.2, 0.25) is 5.88 Å². The quantitative estimate of drug-likeness (QED) is 0.629. The van der Waals surface area contributed by atoms with Crippen molar-refractivity contribution in [2.75, 3.05) is 31.3 Å². The lowest BCUT2D eigenvalue weighted by Crippen LogP contribution is -2.44. The van der Waals surface area contributed by atoms with Gasteiger partial charge in [-0.2, -0.15) is 0 Å². The minimum absolute atomic E-state index is 0.00861. The van der Waals surface area contributed by atoms with Gasteiger partial charge in [0.25, 0.3) is 5.91 Å². The summed E-state index contributed by atoms with van der Waals surface area (Å²) in [6.07, 6.45) is 5.52. The highest BCUT2D eigenvalue weighted by Gasteiger charge is 2.32. The monoisotopic (exact) mass is 412 g/mol. The number of likely N-dealkylation sites (tertiary alicyclic amines) is 1. The first kappa shape index (κ1) is 21.0. The van der Waals surface area contributed by atoms with Crippen molar-refractivity contribution in [3.8, 4) is 5.88 Å². The van der Waals surface area contributed by atoms with Gasteiger partial charge in [0.15, 0.2) is 0 Å². The van der Waals surface area contributed by atoms with E-state index in [1.807, 2.05) is 12.1 Å². The van der Waals surface area contributed by atoms with E-state index in [0.29, 0.717) is 6.54 Å². The maximum atomic E-state index is 12.9. The molecule has 0 radical (unpaired) electrons. The van der Waals surface area contributed by atoms with E-state index >= 15 is 0 Å². The summed E-state index contributed by atoms with van der Waals surface area (Å²) in [4.78, 5) is 46.9. The maximum absolute atomic E-state index is 12.9. The number of nitrogens with two attached hydrogens (primary N) is 1. The van der Waals surface area contributed by atoms with Crippen LogP contribution in [0.4, 0.5) is 11.5 Å². The van der Waals surface area contributed by atoms with Gasteiger partial charge >= 0.3 is 11.8 Å². The molecule has 1 saturated heterocycles. The first-order valence-electron chi connectivity index (χ1n) is 9.54. The number of nitrogens with zero attached hydrogens (tertiary/aromatic N) is 3. The number of piperidine rings is 1. The molecule has 30 heavy (non-hydrogen) atoms. The number of nitrogens with one attached hydrogen (secondary N) is 2. The molecule has 1 atom stereocenters. The predicted molar refractivity (Wildman–Crippen MR) is 110 cm³/mol. The molecule has 158 valence electrons. The van der Waals surface area contributed by atoms with E-state index in [4.69, 9.17) is 10.5 Å². The molecule has 10 nitrogen and oxygen atoms in total. The van der Waals surface area contributed by atoms with Gasteiger partial charge in [-0.3, -0.25) is 14.4 Å². The number of carbonyl (C=O) groups is 3. The number of methoxy groups -OCH3 is 1. The molecular formula is C20H24N6O4. The minimum Gasteiger partial charge on any atom is -0.480 e. The van der Waals surface area contributed by atoms with Crippen molar-refractivity contribution in [3.63, 3.8) is 0 Å².